The first-order valence-corrected chi connectivity index (χ1v) is 11.7. The molecule has 4 rings (SSSR count). The maximum atomic E-state index is 12.7. The van der Waals surface area contributed by atoms with Crippen LogP contribution in [0, 0.1) is 0 Å². The van der Waals surface area contributed by atoms with Crippen molar-refractivity contribution >= 4 is 47.2 Å². The topological polar surface area (TPSA) is 106 Å². The first-order valence-electron chi connectivity index (χ1n) is 11.7. The molecule has 2 aliphatic heterocycles. The van der Waals surface area contributed by atoms with E-state index in [1.165, 1.54) is 54.8 Å². The number of carbonyl (C=O) groups excluding carboxylic acids is 2. The molecule has 0 amide bonds. The van der Waals surface area contributed by atoms with Gasteiger partial charge >= 0.3 is 41.4 Å². The van der Waals surface area contributed by atoms with Gasteiger partial charge in [-0.05, 0) is 31.2 Å². The maximum Gasteiger partial charge on any atom is 3.00 e. The molecule has 0 saturated carbocycles. The van der Waals surface area contributed by atoms with Gasteiger partial charge in [-0.1, -0.05) is 30.3 Å². The fourth-order valence-electron chi connectivity index (χ4n) is 3.59. The van der Waals surface area contributed by atoms with Crippen molar-refractivity contribution in [1.82, 2.24) is 9.97 Å². The zero-order valence-corrected chi connectivity index (χ0v) is 22.5. The molecule has 2 aliphatic rings. The van der Waals surface area contributed by atoms with E-state index in [9.17, 15) is 35.9 Å². The van der Waals surface area contributed by atoms with Crippen LogP contribution in [0.2, 0.25) is 0 Å². The van der Waals surface area contributed by atoms with Gasteiger partial charge in [0.05, 0.1) is 28.3 Å². The van der Waals surface area contributed by atoms with Crippen LogP contribution < -0.4 is 20.7 Å². The van der Waals surface area contributed by atoms with Crippen LogP contribution in [-0.2, 0) is 36.1 Å². The van der Waals surface area contributed by atoms with Gasteiger partial charge in [-0.2, -0.15) is 26.3 Å². The number of aliphatic imine (C=N–C) groups is 2. The third kappa shape index (κ3) is 8.33. The Labute approximate surface area is 244 Å². The number of nitrogens with zero attached hydrogens (tertiary/aromatic N) is 4. The Hall–Kier alpha value is -4.36. The van der Waals surface area contributed by atoms with Crippen LogP contribution in [0.25, 0.3) is 23.3 Å². The molecule has 218 valence electrons. The van der Waals surface area contributed by atoms with Gasteiger partial charge in [-0.3, -0.25) is 4.99 Å². The van der Waals surface area contributed by atoms with Gasteiger partial charge in [0.1, 0.15) is 0 Å². The van der Waals surface area contributed by atoms with Crippen molar-refractivity contribution in [1.29, 1.82) is 0 Å². The van der Waals surface area contributed by atoms with E-state index in [-0.39, 0.29) is 62.1 Å². The Morgan fingerprint density at radius 1 is 0.881 bits per heavy atom. The van der Waals surface area contributed by atoms with Gasteiger partial charge < -0.3 is 19.4 Å². The van der Waals surface area contributed by atoms with E-state index in [0.29, 0.717) is 5.35 Å². The molecular formula is C27H18F6MnN4O4+. The number of ether oxygens (including phenoxy) is 2. The van der Waals surface area contributed by atoms with Crippen LogP contribution in [0.5, 0.6) is 0 Å². The summed E-state index contributed by atoms with van der Waals surface area (Å²) in [5.41, 5.74) is -0.0911. The average Bonchev–Trinajstić information content (AvgIpc) is 3.70. The van der Waals surface area contributed by atoms with E-state index in [2.05, 4.69) is 29.4 Å². The molecule has 4 heterocycles. The molecule has 0 radical (unpaired) electrons. The third-order valence-electron chi connectivity index (χ3n) is 5.30. The molecular weight excluding hydrogens is 613 g/mol. The monoisotopic (exact) mass is 631 g/mol. The van der Waals surface area contributed by atoms with E-state index in [1.54, 1.807) is 19.1 Å². The number of aromatic nitrogens is 2. The molecule has 0 aromatic carbocycles. The van der Waals surface area contributed by atoms with Crippen LogP contribution in [-0.4, -0.2) is 49.4 Å². The number of hydrogen-bond donors (Lipinski definition) is 0. The largest absolute Gasteiger partial charge is 3.00 e. The van der Waals surface area contributed by atoms with E-state index in [4.69, 9.17) is 0 Å². The zero-order valence-electron chi connectivity index (χ0n) is 21.3. The average molecular weight is 631 g/mol. The second kappa shape index (κ2) is 13.1. The fourth-order valence-corrected chi connectivity index (χ4v) is 3.59. The van der Waals surface area contributed by atoms with Gasteiger partial charge in [0.2, 0.25) is 0 Å². The fraction of sp³-hybridized carbons (Fsp3) is 0.185. The van der Waals surface area contributed by atoms with Crippen molar-refractivity contribution < 1.29 is 62.5 Å². The molecule has 0 N–H and O–H groups in total. The smallest absolute Gasteiger partial charge is 0.657 e. The summed E-state index contributed by atoms with van der Waals surface area (Å²) in [6, 6.07) is 5.83. The summed E-state index contributed by atoms with van der Waals surface area (Å²) in [7, 11) is 0. The predicted molar refractivity (Wildman–Crippen MR) is 135 cm³/mol. The Morgan fingerprint density at radius 3 is 2.12 bits per heavy atom. The van der Waals surface area contributed by atoms with E-state index >= 15 is 0 Å². The minimum Gasteiger partial charge on any atom is -0.657 e. The standard InChI is InChI=1S/C27H19F6N4O4.Mn/c1-2-15-5-8-20(35-15)23(25(39)41-14-27(31,32)33)21-10-7-17(37-21)12-16-6-9-19(36-16)22(18-4-3-11-34-18)24(38)40-13-26(28,29)30;/h2-12H,13-14H2,1H3,(H-,34,35,36,37,38,39);/q-1;+3/p-1/b15-2-;. The van der Waals surface area contributed by atoms with Crippen molar-refractivity contribution in [3.05, 3.63) is 82.0 Å². The summed E-state index contributed by atoms with van der Waals surface area (Å²) >= 11 is 0. The molecule has 15 heteroatoms. The number of alkyl halides is 6. The van der Waals surface area contributed by atoms with E-state index in [0.717, 1.165) is 0 Å². The molecule has 2 aromatic rings. The normalized spacial score (nSPS) is 17.8. The van der Waals surface area contributed by atoms with Crippen molar-refractivity contribution in [2.75, 3.05) is 13.2 Å². The minimum atomic E-state index is -4.74. The number of halogens is 6. The molecule has 0 bridgehead atoms. The number of hydrogen-bond acceptors (Lipinski definition) is 6. The van der Waals surface area contributed by atoms with Crippen LogP contribution in [0.3, 0.4) is 0 Å². The first-order chi connectivity index (χ1) is 19.3. The van der Waals surface area contributed by atoms with Crippen molar-refractivity contribution in [2.24, 2.45) is 9.98 Å². The van der Waals surface area contributed by atoms with Crippen LogP contribution in [0.15, 0.2) is 69.9 Å². The summed E-state index contributed by atoms with van der Waals surface area (Å²) in [4.78, 5) is 41.8. The quantitative estimate of drug-likeness (QED) is 0.201. The van der Waals surface area contributed by atoms with E-state index < -0.39 is 37.5 Å². The Morgan fingerprint density at radius 2 is 1.55 bits per heavy atom. The number of esters is 2. The van der Waals surface area contributed by atoms with Gasteiger partial charge in [0, 0.05) is 6.21 Å². The second-order valence-corrected chi connectivity index (χ2v) is 8.35. The van der Waals surface area contributed by atoms with Crippen molar-refractivity contribution in [3.63, 3.8) is 0 Å². The predicted octanol–water partition coefficient (Wildman–Crippen LogP) is 3.16. The van der Waals surface area contributed by atoms with Crippen molar-refractivity contribution in [2.45, 2.75) is 19.3 Å². The SMILES string of the molecule is C/C=c1/cc/c(=C(\C(=O)OCC(F)(F)F)C2=N/C(=C\c3ccc(/C(C(=O)OCC(F)(F)F)=C4/C=CC=N4)[n-]3)C=C2)[n-]1.[Mn+3]. The number of rotatable bonds is 7. The summed E-state index contributed by atoms with van der Waals surface area (Å²) in [6.45, 7) is -1.91. The first kappa shape index (κ1) is 32.2. The Bertz CT molecular complexity index is 1660. The molecule has 42 heavy (non-hydrogen) atoms. The molecule has 0 saturated heterocycles. The van der Waals surface area contributed by atoms with Crippen LogP contribution in [0.1, 0.15) is 18.3 Å². The van der Waals surface area contributed by atoms with Gasteiger partial charge in [0.25, 0.3) is 0 Å². The molecule has 2 aromatic heterocycles. The zero-order chi connectivity index (χ0) is 29.8. The molecule has 0 aliphatic carbocycles. The molecule has 8 nitrogen and oxygen atoms in total. The Kier molecular flexibility index (Phi) is 10.0. The summed E-state index contributed by atoms with van der Waals surface area (Å²) in [6.07, 6.45) is 0.643. The molecule has 0 fully saturated rings. The summed E-state index contributed by atoms with van der Waals surface area (Å²) < 4.78 is 84.6. The van der Waals surface area contributed by atoms with Crippen LogP contribution >= 0.6 is 0 Å². The number of allylic oxidation sites excluding steroid dienone is 4. The van der Waals surface area contributed by atoms with Gasteiger partial charge in [0.15, 0.2) is 13.2 Å². The molecule has 0 spiro atoms. The molecule has 0 atom stereocenters. The van der Waals surface area contributed by atoms with Gasteiger partial charge in [-0.25, -0.2) is 14.6 Å². The second-order valence-electron chi connectivity index (χ2n) is 8.35. The Balaban J connectivity index is 0.00000484. The summed E-state index contributed by atoms with van der Waals surface area (Å²) in [5, 5.41) is 0.538. The van der Waals surface area contributed by atoms with Crippen LogP contribution in [0.4, 0.5) is 26.3 Å². The molecule has 0 unspecified atom stereocenters. The number of carbonyl (C=O) groups is 2. The minimum absolute atomic E-state index is 0. The third-order valence-corrected chi connectivity index (χ3v) is 5.30. The maximum absolute atomic E-state index is 12.7. The summed E-state index contributed by atoms with van der Waals surface area (Å²) in [5.74, 6) is -2.55. The van der Waals surface area contributed by atoms with Gasteiger partial charge in [-0.15, -0.1) is 28.2 Å². The van der Waals surface area contributed by atoms with E-state index in [1.807, 2.05) is 0 Å². The van der Waals surface area contributed by atoms with Crippen molar-refractivity contribution in [3.8, 4) is 0 Å².